The number of hydrogen-bond donors (Lipinski definition) is 1. The Kier molecular flexibility index (Phi) is 5.37. The van der Waals surface area contributed by atoms with Crippen molar-refractivity contribution in [3.05, 3.63) is 70.8 Å². The minimum atomic E-state index is 0.263. The van der Waals surface area contributed by atoms with Gasteiger partial charge < -0.3 is 5.73 Å². The van der Waals surface area contributed by atoms with E-state index in [-0.39, 0.29) is 6.04 Å². The number of piperidine rings is 1. The van der Waals surface area contributed by atoms with Crippen molar-refractivity contribution in [3.8, 4) is 0 Å². The normalized spacial score (nSPS) is 22.0. The van der Waals surface area contributed by atoms with Crippen LogP contribution >= 0.6 is 0 Å². The SMILES string of the molecule is Cc1ccc(CN2CC(N)CC(c3ccc(C(C)C)cc3)C2)cc1. The molecule has 1 heterocycles. The van der Waals surface area contributed by atoms with Crippen LogP contribution in [0.1, 0.15) is 54.4 Å². The van der Waals surface area contributed by atoms with Gasteiger partial charge in [0, 0.05) is 25.7 Å². The Morgan fingerprint density at radius 2 is 1.67 bits per heavy atom. The fourth-order valence-electron chi connectivity index (χ4n) is 3.71. The van der Waals surface area contributed by atoms with Crippen LogP contribution in [-0.4, -0.2) is 24.0 Å². The van der Waals surface area contributed by atoms with E-state index >= 15 is 0 Å². The van der Waals surface area contributed by atoms with E-state index in [9.17, 15) is 0 Å². The van der Waals surface area contributed by atoms with Crippen molar-refractivity contribution in [2.24, 2.45) is 5.73 Å². The molecule has 1 fully saturated rings. The number of hydrogen-bond acceptors (Lipinski definition) is 2. The zero-order valence-corrected chi connectivity index (χ0v) is 15.2. The summed E-state index contributed by atoms with van der Waals surface area (Å²) >= 11 is 0. The fourth-order valence-corrected chi connectivity index (χ4v) is 3.71. The maximum atomic E-state index is 6.37. The lowest BCUT2D eigenvalue weighted by Gasteiger charge is -2.36. The van der Waals surface area contributed by atoms with Crippen molar-refractivity contribution < 1.29 is 0 Å². The molecule has 2 aromatic rings. The van der Waals surface area contributed by atoms with Crippen LogP contribution in [0, 0.1) is 6.92 Å². The average molecular weight is 322 g/mol. The molecule has 0 saturated carbocycles. The van der Waals surface area contributed by atoms with E-state index in [1.54, 1.807) is 0 Å². The lowest BCUT2D eigenvalue weighted by molar-refractivity contribution is 0.181. The number of rotatable bonds is 4. The molecule has 0 amide bonds. The Hall–Kier alpha value is -1.64. The largest absolute Gasteiger partial charge is 0.327 e. The molecule has 0 spiro atoms. The molecule has 0 aliphatic carbocycles. The Morgan fingerprint density at radius 3 is 2.29 bits per heavy atom. The first-order valence-electron chi connectivity index (χ1n) is 9.14. The van der Waals surface area contributed by atoms with E-state index in [1.807, 2.05) is 0 Å². The molecule has 128 valence electrons. The van der Waals surface area contributed by atoms with Crippen molar-refractivity contribution in [2.45, 2.75) is 51.6 Å². The van der Waals surface area contributed by atoms with Gasteiger partial charge in [-0.3, -0.25) is 4.90 Å². The van der Waals surface area contributed by atoms with Crippen LogP contribution in [0.4, 0.5) is 0 Å². The van der Waals surface area contributed by atoms with Gasteiger partial charge in [-0.2, -0.15) is 0 Å². The second kappa shape index (κ2) is 7.50. The van der Waals surface area contributed by atoms with E-state index < -0.39 is 0 Å². The molecule has 2 atom stereocenters. The minimum Gasteiger partial charge on any atom is -0.327 e. The zero-order valence-electron chi connectivity index (χ0n) is 15.2. The van der Waals surface area contributed by atoms with Crippen LogP contribution in [0.5, 0.6) is 0 Å². The van der Waals surface area contributed by atoms with Crippen LogP contribution in [0.2, 0.25) is 0 Å². The molecular formula is C22H30N2. The highest BCUT2D eigenvalue weighted by Crippen LogP contribution is 2.28. The molecule has 2 unspecified atom stereocenters. The first-order valence-corrected chi connectivity index (χ1v) is 9.14. The number of nitrogens with two attached hydrogens (primary N) is 1. The summed E-state index contributed by atoms with van der Waals surface area (Å²) < 4.78 is 0. The van der Waals surface area contributed by atoms with Gasteiger partial charge in [-0.1, -0.05) is 67.9 Å². The monoisotopic (exact) mass is 322 g/mol. The molecule has 2 heteroatoms. The van der Waals surface area contributed by atoms with Gasteiger partial charge in [0.05, 0.1) is 0 Å². The lowest BCUT2D eigenvalue weighted by Crippen LogP contribution is -2.45. The van der Waals surface area contributed by atoms with E-state index in [1.165, 1.54) is 22.3 Å². The Bertz CT molecular complexity index is 643. The fraction of sp³-hybridized carbons (Fsp3) is 0.455. The lowest BCUT2D eigenvalue weighted by atomic mass is 9.87. The molecule has 1 aliphatic rings. The molecule has 0 aromatic heterocycles. The van der Waals surface area contributed by atoms with Gasteiger partial charge in [0.2, 0.25) is 0 Å². The van der Waals surface area contributed by atoms with E-state index in [4.69, 9.17) is 5.73 Å². The van der Waals surface area contributed by atoms with E-state index in [2.05, 4.69) is 74.2 Å². The van der Waals surface area contributed by atoms with Crippen LogP contribution in [0.25, 0.3) is 0 Å². The van der Waals surface area contributed by atoms with Crippen LogP contribution in [0.3, 0.4) is 0 Å². The van der Waals surface area contributed by atoms with Gasteiger partial charge in [-0.05, 0) is 41.9 Å². The molecule has 0 bridgehead atoms. The second-order valence-corrected chi connectivity index (χ2v) is 7.69. The van der Waals surface area contributed by atoms with Crippen LogP contribution in [-0.2, 0) is 6.54 Å². The summed E-state index contributed by atoms with van der Waals surface area (Å²) in [6, 6.07) is 18.3. The summed E-state index contributed by atoms with van der Waals surface area (Å²) in [6.07, 6.45) is 1.09. The Balaban J connectivity index is 1.69. The molecule has 0 radical (unpaired) electrons. The molecule has 1 saturated heterocycles. The van der Waals surface area contributed by atoms with Crippen molar-refractivity contribution >= 4 is 0 Å². The van der Waals surface area contributed by atoms with Gasteiger partial charge in [-0.15, -0.1) is 0 Å². The smallest absolute Gasteiger partial charge is 0.0234 e. The van der Waals surface area contributed by atoms with Crippen molar-refractivity contribution in [1.82, 2.24) is 4.90 Å². The third kappa shape index (κ3) is 4.25. The van der Waals surface area contributed by atoms with Crippen molar-refractivity contribution in [2.75, 3.05) is 13.1 Å². The molecule has 2 aromatic carbocycles. The molecule has 1 aliphatic heterocycles. The highest BCUT2D eigenvalue weighted by Gasteiger charge is 2.26. The Morgan fingerprint density at radius 1 is 1.00 bits per heavy atom. The Labute approximate surface area is 146 Å². The number of benzene rings is 2. The molecule has 3 rings (SSSR count). The highest BCUT2D eigenvalue weighted by atomic mass is 15.1. The van der Waals surface area contributed by atoms with Gasteiger partial charge >= 0.3 is 0 Å². The summed E-state index contributed by atoms with van der Waals surface area (Å²) in [7, 11) is 0. The number of likely N-dealkylation sites (tertiary alicyclic amines) is 1. The van der Waals surface area contributed by atoms with E-state index in [0.29, 0.717) is 11.8 Å². The summed E-state index contributed by atoms with van der Waals surface area (Å²) in [4.78, 5) is 2.51. The zero-order chi connectivity index (χ0) is 17.1. The van der Waals surface area contributed by atoms with Crippen molar-refractivity contribution in [3.63, 3.8) is 0 Å². The minimum absolute atomic E-state index is 0.263. The summed E-state index contributed by atoms with van der Waals surface area (Å²) in [5.41, 5.74) is 11.9. The first-order chi connectivity index (χ1) is 11.5. The summed E-state index contributed by atoms with van der Waals surface area (Å²) in [5.74, 6) is 1.13. The van der Waals surface area contributed by atoms with Gasteiger partial charge in [0.1, 0.15) is 0 Å². The first kappa shape index (κ1) is 17.2. The third-order valence-corrected chi connectivity index (χ3v) is 5.16. The number of nitrogens with zero attached hydrogens (tertiary/aromatic N) is 1. The van der Waals surface area contributed by atoms with Gasteiger partial charge in [0.25, 0.3) is 0 Å². The molecule has 2 N–H and O–H groups in total. The van der Waals surface area contributed by atoms with Crippen LogP contribution in [0.15, 0.2) is 48.5 Å². The predicted octanol–water partition coefficient (Wildman–Crippen LogP) is 4.44. The maximum Gasteiger partial charge on any atom is 0.0234 e. The predicted molar refractivity (Wildman–Crippen MR) is 102 cm³/mol. The molecule has 24 heavy (non-hydrogen) atoms. The van der Waals surface area contributed by atoms with Crippen molar-refractivity contribution in [1.29, 1.82) is 0 Å². The van der Waals surface area contributed by atoms with Crippen LogP contribution < -0.4 is 5.73 Å². The van der Waals surface area contributed by atoms with Gasteiger partial charge in [0.15, 0.2) is 0 Å². The second-order valence-electron chi connectivity index (χ2n) is 7.69. The average Bonchev–Trinajstić information content (AvgIpc) is 2.56. The highest BCUT2D eigenvalue weighted by molar-refractivity contribution is 5.28. The van der Waals surface area contributed by atoms with Gasteiger partial charge in [-0.25, -0.2) is 0 Å². The third-order valence-electron chi connectivity index (χ3n) is 5.16. The standard InChI is InChI=1S/C22H30N2/c1-16(2)19-8-10-20(11-9-19)21-12-22(23)15-24(14-21)13-18-6-4-17(3)5-7-18/h4-11,16,21-22H,12-15,23H2,1-3H3. The number of aryl methyl sites for hydroxylation is 1. The van der Waals surface area contributed by atoms with E-state index in [0.717, 1.165) is 26.1 Å². The summed E-state index contributed by atoms with van der Waals surface area (Å²) in [6.45, 7) is 9.72. The molecular weight excluding hydrogens is 292 g/mol. The summed E-state index contributed by atoms with van der Waals surface area (Å²) in [5, 5.41) is 0. The topological polar surface area (TPSA) is 29.3 Å². The maximum absolute atomic E-state index is 6.37. The quantitative estimate of drug-likeness (QED) is 0.902. The molecule has 2 nitrogen and oxygen atoms in total.